The lowest BCUT2D eigenvalue weighted by Gasteiger charge is -2.26. The molecule has 0 radical (unpaired) electrons. The largest absolute Gasteiger partial charge is 0.379 e. The van der Waals surface area contributed by atoms with Crippen LogP contribution >= 0.6 is 11.3 Å². The van der Waals surface area contributed by atoms with Gasteiger partial charge in [0.2, 0.25) is 0 Å². The van der Waals surface area contributed by atoms with E-state index in [9.17, 15) is 9.59 Å². The quantitative estimate of drug-likeness (QED) is 0.847. The fourth-order valence-electron chi connectivity index (χ4n) is 2.86. The van der Waals surface area contributed by atoms with Crippen molar-refractivity contribution >= 4 is 17.2 Å². The van der Waals surface area contributed by atoms with E-state index in [1.54, 1.807) is 29.0 Å². The Morgan fingerprint density at radius 1 is 1.28 bits per heavy atom. The Hall–Kier alpha value is -1.96. The van der Waals surface area contributed by atoms with Crippen molar-refractivity contribution in [2.24, 2.45) is 0 Å². The minimum Gasteiger partial charge on any atom is -0.379 e. The van der Waals surface area contributed by atoms with Gasteiger partial charge >= 0.3 is 0 Å². The Labute approximate surface area is 151 Å². The summed E-state index contributed by atoms with van der Waals surface area (Å²) in [7, 11) is 0. The van der Waals surface area contributed by atoms with Crippen LogP contribution in [0.5, 0.6) is 0 Å². The number of pyridine rings is 1. The van der Waals surface area contributed by atoms with E-state index >= 15 is 0 Å². The van der Waals surface area contributed by atoms with Crippen molar-refractivity contribution in [1.82, 2.24) is 14.8 Å². The number of hydrogen-bond acceptors (Lipinski definition) is 5. The van der Waals surface area contributed by atoms with E-state index in [0.717, 1.165) is 38.4 Å². The summed E-state index contributed by atoms with van der Waals surface area (Å²) >= 11 is 1.59. The molecule has 3 heterocycles. The Balaban J connectivity index is 1.68. The number of morpholine rings is 1. The van der Waals surface area contributed by atoms with Gasteiger partial charge in [0.25, 0.3) is 11.5 Å². The first-order chi connectivity index (χ1) is 12.1. The van der Waals surface area contributed by atoms with Crippen molar-refractivity contribution in [1.29, 1.82) is 0 Å². The van der Waals surface area contributed by atoms with E-state index in [1.807, 2.05) is 22.9 Å². The highest BCUT2D eigenvalue weighted by atomic mass is 32.1. The molecule has 1 aliphatic heterocycles. The lowest BCUT2D eigenvalue weighted by molar-refractivity contribution is 0.0362. The number of carbonyl (C=O) groups excluding carboxylic acids is 1. The summed E-state index contributed by atoms with van der Waals surface area (Å²) < 4.78 is 6.96. The minimum absolute atomic E-state index is 0.226. The van der Waals surface area contributed by atoms with Gasteiger partial charge in [-0.05, 0) is 40.9 Å². The minimum atomic E-state index is -0.311. The van der Waals surface area contributed by atoms with Gasteiger partial charge in [0.15, 0.2) is 0 Å². The number of aryl methyl sites for hydroxylation is 1. The van der Waals surface area contributed by atoms with Crippen LogP contribution in [0.4, 0.5) is 0 Å². The molecule has 1 aliphatic rings. The number of aromatic nitrogens is 1. The summed E-state index contributed by atoms with van der Waals surface area (Å²) in [6.07, 6.45) is 1.77. The molecule has 25 heavy (non-hydrogen) atoms. The molecule has 0 unspecified atom stereocenters. The Morgan fingerprint density at radius 2 is 2.08 bits per heavy atom. The van der Waals surface area contributed by atoms with Crippen molar-refractivity contribution in [2.75, 3.05) is 32.8 Å². The number of ether oxygens (including phenoxy) is 1. The van der Waals surface area contributed by atoms with E-state index < -0.39 is 0 Å². The van der Waals surface area contributed by atoms with E-state index in [-0.39, 0.29) is 17.0 Å². The third kappa shape index (κ3) is 4.56. The van der Waals surface area contributed by atoms with Gasteiger partial charge in [0, 0.05) is 38.9 Å². The van der Waals surface area contributed by atoms with Gasteiger partial charge in [-0.2, -0.15) is 11.3 Å². The molecule has 1 N–H and O–H groups in total. The van der Waals surface area contributed by atoms with Crippen molar-refractivity contribution < 1.29 is 9.53 Å². The molecule has 0 spiro atoms. The maximum atomic E-state index is 12.7. The van der Waals surface area contributed by atoms with Gasteiger partial charge in [-0.3, -0.25) is 14.5 Å². The van der Waals surface area contributed by atoms with Crippen LogP contribution in [0.1, 0.15) is 21.5 Å². The zero-order valence-corrected chi connectivity index (χ0v) is 15.2. The number of carbonyl (C=O) groups is 1. The lowest BCUT2D eigenvalue weighted by atomic mass is 10.1. The first-order valence-corrected chi connectivity index (χ1v) is 9.39. The van der Waals surface area contributed by atoms with Gasteiger partial charge in [-0.15, -0.1) is 0 Å². The third-order valence-corrected chi connectivity index (χ3v) is 5.13. The molecule has 0 aliphatic carbocycles. The second kappa shape index (κ2) is 8.42. The molecular formula is C18H23N3O3S. The average Bonchev–Trinajstić information content (AvgIpc) is 3.14. The van der Waals surface area contributed by atoms with Gasteiger partial charge in [0.05, 0.1) is 13.2 Å². The van der Waals surface area contributed by atoms with E-state index in [4.69, 9.17) is 4.74 Å². The summed E-state index contributed by atoms with van der Waals surface area (Å²) in [5.41, 5.74) is 1.76. The van der Waals surface area contributed by atoms with Crippen LogP contribution in [0.25, 0.3) is 0 Å². The summed E-state index contributed by atoms with van der Waals surface area (Å²) in [6.45, 7) is 6.82. The first kappa shape index (κ1) is 17.8. The molecule has 2 aromatic rings. The molecule has 134 valence electrons. The highest BCUT2D eigenvalue weighted by molar-refractivity contribution is 7.07. The fraction of sp³-hybridized carbons (Fsp3) is 0.444. The second-order valence-corrected chi connectivity index (χ2v) is 6.92. The normalized spacial score (nSPS) is 15.2. The summed E-state index contributed by atoms with van der Waals surface area (Å²) in [5, 5.41) is 6.79. The molecule has 7 heteroatoms. The third-order valence-electron chi connectivity index (χ3n) is 4.39. The van der Waals surface area contributed by atoms with Crippen molar-refractivity contribution in [3.8, 4) is 0 Å². The molecule has 1 saturated heterocycles. The number of rotatable bonds is 6. The lowest BCUT2D eigenvalue weighted by Crippen LogP contribution is -2.40. The molecule has 1 amide bonds. The van der Waals surface area contributed by atoms with Gasteiger partial charge in [0.1, 0.15) is 5.56 Å². The van der Waals surface area contributed by atoms with Crippen molar-refractivity contribution in [3.63, 3.8) is 0 Å². The van der Waals surface area contributed by atoms with Crippen LogP contribution in [-0.2, 0) is 17.8 Å². The number of amides is 1. The molecule has 1 fully saturated rings. The van der Waals surface area contributed by atoms with Gasteiger partial charge in [-0.25, -0.2) is 0 Å². The predicted molar refractivity (Wildman–Crippen MR) is 98.2 cm³/mol. The summed E-state index contributed by atoms with van der Waals surface area (Å²) in [5.74, 6) is -0.311. The van der Waals surface area contributed by atoms with E-state index in [1.165, 1.54) is 0 Å². The van der Waals surface area contributed by atoms with Crippen molar-refractivity contribution in [2.45, 2.75) is 20.0 Å². The molecule has 2 aromatic heterocycles. The van der Waals surface area contributed by atoms with Crippen LogP contribution < -0.4 is 10.9 Å². The van der Waals surface area contributed by atoms with Gasteiger partial charge in [-0.1, -0.05) is 0 Å². The average molecular weight is 361 g/mol. The van der Waals surface area contributed by atoms with Gasteiger partial charge < -0.3 is 14.6 Å². The second-order valence-electron chi connectivity index (χ2n) is 6.14. The Morgan fingerprint density at radius 3 is 2.80 bits per heavy atom. The van der Waals surface area contributed by atoms with Crippen LogP contribution in [0, 0.1) is 6.92 Å². The molecular weight excluding hydrogens is 338 g/mol. The smallest absolute Gasteiger partial charge is 0.263 e. The van der Waals surface area contributed by atoms with Crippen LogP contribution in [0.2, 0.25) is 0 Å². The monoisotopic (exact) mass is 361 g/mol. The highest BCUT2D eigenvalue weighted by Crippen LogP contribution is 2.07. The Kier molecular flexibility index (Phi) is 6.01. The zero-order chi connectivity index (χ0) is 17.6. The molecule has 6 nitrogen and oxygen atoms in total. The number of thiophene rings is 1. The molecule has 0 aromatic carbocycles. The Bertz CT molecular complexity index is 764. The first-order valence-electron chi connectivity index (χ1n) is 8.44. The van der Waals surface area contributed by atoms with E-state index in [0.29, 0.717) is 18.7 Å². The molecule has 3 rings (SSSR count). The molecule has 0 atom stereocenters. The highest BCUT2D eigenvalue weighted by Gasteiger charge is 2.16. The van der Waals surface area contributed by atoms with Crippen LogP contribution in [0.3, 0.4) is 0 Å². The fourth-order valence-corrected chi connectivity index (χ4v) is 3.52. The predicted octanol–water partition coefficient (Wildman–Crippen LogP) is 1.48. The number of hydrogen-bond donors (Lipinski definition) is 1. The standard InChI is InChI=1S/C18H23N3O3S/c1-14-2-4-21(6-5-20-7-9-24-10-8-20)18(23)16(14)17(22)19-12-15-3-11-25-13-15/h2-4,11,13H,5-10,12H2,1H3,(H,19,22). The molecule has 0 saturated carbocycles. The van der Waals surface area contributed by atoms with E-state index in [2.05, 4.69) is 10.2 Å². The van der Waals surface area contributed by atoms with Crippen LogP contribution in [0.15, 0.2) is 33.9 Å². The SMILES string of the molecule is Cc1ccn(CCN2CCOCC2)c(=O)c1C(=O)NCc1ccsc1. The maximum absolute atomic E-state index is 12.7. The topological polar surface area (TPSA) is 63.6 Å². The summed E-state index contributed by atoms with van der Waals surface area (Å²) in [4.78, 5) is 27.5. The molecule has 0 bridgehead atoms. The van der Waals surface area contributed by atoms with Crippen LogP contribution in [-0.4, -0.2) is 48.2 Å². The number of nitrogens with one attached hydrogen (secondary N) is 1. The summed E-state index contributed by atoms with van der Waals surface area (Å²) in [6, 6.07) is 3.80. The number of nitrogens with zero attached hydrogens (tertiary/aromatic N) is 2. The maximum Gasteiger partial charge on any atom is 0.263 e. The van der Waals surface area contributed by atoms with Crippen molar-refractivity contribution in [3.05, 3.63) is 56.1 Å². The zero-order valence-electron chi connectivity index (χ0n) is 14.4.